The Balaban J connectivity index is 1.46. The van der Waals surface area contributed by atoms with E-state index < -0.39 is 5.97 Å². The van der Waals surface area contributed by atoms with Crippen LogP contribution in [0.5, 0.6) is 5.75 Å². The highest BCUT2D eigenvalue weighted by atomic mass is 35.5. The summed E-state index contributed by atoms with van der Waals surface area (Å²) >= 11 is 6.10. The van der Waals surface area contributed by atoms with Crippen LogP contribution in [0.25, 0.3) is 0 Å². The topological polar surface area (TPSA) is 100 Å². The summed E-state index contributed by atoms with van der Waals surface area (Å²) < 4.78 is 13.8. The van der Waals surface area contributed by atoms with Crippen LogP contribution in [0.15, 0.2) is 60.8 Å². The van der Waals surface area contributed by atoms with Crippen molar-refractivity contribution < 1.29 is 19.1 Å². The Hall–Kier alpha value is -4.11. The van der Waals surface area contributed by atoms with Crippen LogP contribution in [-0.4, -0.2) is 38.5 Å². The Kier molecular flexibility index (Phi) is 7.17. The number of amides is 1. The number of ether oxygens (including phenoxy) is 2. The zero-order chi connectivity index (χ0) is 24.9. The van der Waals surface area contributed by atoms with E-state index in [0.717, 1.165) is 11.3 Å². The number of aromatic nitrogens is 4. The number of anilines is 1. The minimum absolute atomic E-state index is 0.104. The number of hydrogen-bond donors (Lipinski definition) is 1. The number of nitrogens with zero attached hydrogens (tertiary/aromatic N) is 4. The van der Waals surface area contributed by atoms with Gasteiger partial charge < -0.3 is 14.8 Å². The highest BCUT2D eigenvalue weighted by Crippen LogP contribution is 2.24. The Morgan fingerprint density at radius 2 is 1.77 bits per heavy atom. The molecule has 180 valence electrons. The molecule has 0 aliphatic rings. The van der Waals surface area contributed by atoms with Crippen LogP contribution in [0, 0.1) is 13.8 Å². The lowest BCUT2D eigenvalue weighted by Gasteiger charge is -2.10. The van der Waals surface area contributed by atoms with Crippen LogP contribution in [0.4, 0.5) is 5.69 Å². The molecule has 4 aromatic rings. The summed E-state index contributed by atoms with van der Waals surface area (Å²) in [7, 11) is 1.35. The molecule has 1 N–H and O–H groups in total. The molecular formula is C25H24ClN5O4. The minimum Gasteiger partial charge on any atom is -0.470 e. The molecule has 4 rings (SSSR count). The number of para-hydroxylation sites is 1. The molecule has 2 aromatic carbocycles. The first kappa shape index (κ1) is 24.0. The van der Waals surface area contributed by atoms with E-state index in [1.54, 1.807) is 48.1 Å². The smallest absolute Gasteiger partial charge is 0.338 e. The molecule has 10 heteroatoms. The van der Waals surface area contributed by atoms with Gasteiger partial charge in [-0.2, -0.15) is 10.2 Å². The molecule has 35 heavy (non-hydrogen) atoms. The van der Waals surface area contributed by atoms with Crippen molar-refractivity contribution in [3.05, 3.63) is 94.0 Å². The number of aryl methyl sites for hydroxylation is 1. The van der Waals surface area contributed by atoms with E-state index in [1.165, 1.54) is 11.8 Å². The summed E-state index contributed by atoms with van der Waals surface area (Å²) in [4.78, 5) is 25.0. The number of hydrogen-bond acceptors (Lipinski definition) is 6. The highest BCUT2D eigenvalue weighted by Gasteiger charge is 2.19. The summed E-state index contributed by atoms with van der Waals surface area (Å²) in [5, 5.41) is 12.2. The largest absolute Gasteiger partial charge is 0.470 e. The van der Waals surface area contributed by atoms with Crippen molar-refractivity contribution in [2.24, 2.45) is 0 Å². The Morgan fingerprint density at radius 3 is 2.54 bits per heavy atom. The van der Waals surface area contributed by atoms with E-state index in [9.17, 15) is 9.59 Å². The van der Waals surface area contributed by atoms with E-state index in [4.69, 9.17) is 21.1 Å². The number of benzene rings is 2. The van der Waals surface area contributed by atoms with Gasteiger partial charge in [-0.15, -0.1) is 0 Å². The summed E-state index contributed by atoms with van der Waals surface area (Å²) in [6.45, 7) is 4.11. The minimum atomic E-state index is -0.412. The van der Waals surface area contributed by atoms with Gasteiger partial charge in [-0.1, -0.05) is 41.9 Å². The van der Waals surface area contributed by atoms with Crippen molar-refractivity contribution in [2.75, 3.05) is 12.4 Å². The van der Waals surface area contributed by atoms with Crippen LogP contribution in [-0.2, 0) is 18.0 Å². The Morgan fingerprint density at radius 1 is 1.03 bits per heavy atom. The van der Waals surface area contributed by atoms with Gasteiger partial charge in [-0.3, -0.25) is 9.48 Å². The average Bonchev–Trinajstić information content (AvgIpc) is 3.44. The zero-order valence-electron chi connectivity index (χ0n) is 19.5. The molecule has 0 aliphatic heterocycles. The van der Waals surface area contributed by atoms with Gasteiger partial charge in [0, 0.05) is 6.20 Å². The number of rotatable bonds is 8. The van der Waals surface area contributed by atoms with Crippen molar-refractivity contribution >= 4 is 29.2 Å². The monoisotopic (exact) mass is 493 g/mol. The van der Waals surface area contributed by atoms with Gasteiger partial charge in [0.25, 0.3) is 5.91 Å². The number of nitrogens with one attached hydrogen (secondary N) is 1. The maximum atomic E-state index is 12.9. The summed E-state index contributed by atoms with van der Waals surface area (Å²) in [6, 6.07) is 15.9. The number of carbonyl (C=O) groups excluding carboxylic acids is 2. The van der Waals surface area contributed by atoms with Crippen LogP contribution in [0.3, 0.4) is 0 Å². The van der Waals surface area contributed by atoms with Crippen molar-refractivity contribution in [1.82, 2.24) is 19.6 Å². The lowest BCUT2D eigenvalue weighted by atomic mass is 10.1. The van der Waals surface area contributed by atoms with Gasteiger partial charge in [-0.05, 0) is 43.7 Å². The predicted octanol–water partition coefficient (Wildman–Crippen LogP) is 4.47. The van der Waals surface area contributed by atoms with Crippen LogP contribution in [0.2, 0.25) is 5.02 Å². The SMILES string of the molecule is COC(=O)c1ccccc1Cn1nc(C)c(NC(=O)c2ccn(COc3ccccc3Cl)n2)c1C. The van der Waals surface area contributed by atoms with Crippen molar-refractivity contribution in [2.45, 2.75) is 27.1 Å². The summed E-state index contributed by atoms with van der Waals surface area (Å²) in [6.07, 6.45) is 1.65. The zero-order valence-corrected chi connectivity index (χ0v) is 20.2. The second kappa shape index (κ2) is 10.4. The van der Waals surface area contributed by atoms with Gasteiger partial charge in [0.15, 0.2) is 12.4 Å². The van der Waals surface area contributed by atoms with Gasteiger partial charge in [0.2, 0.25) is 0 Å². The fraction of sp³-hybridized carbons (Fsp3) is 0.200. The molecule has 0 radical (unpaired) electrons. The third-order valence-electron chi connectivity index (χ3n) is 5.43. The molecule has 9 nitrogen and oxygen atoms in total. The fourth-order valence-electron chi connectivity index (χ4n) is 3.59. The molecule has 0 atom stereocenters. The van der Waals surface area contributed by atoms with Gasteiger partial charge >= 0.3 is 5.97 Å². The lowest BCUT2D eigenvalue weighted by Crippen LogP contribution is -2.15. The maximum absolute atomic E-state index is 12.9. The maximum Gasteiger partial charge on any atom is 0.338 e. The second-order valence-electron chi connectivity index (χ2n) is 7.75. The molecule has 1 amide bonds. The third-order valence-corrected chi connectivity index (χ3v) is 5.74. The first-order valence-electron chi connectivity index (χ1n) is 10.8. The number of halogens is 1. The quantitative estimate of drug-likeness (QED) is 0.363. The molecule has 0 saturated carbocycles. The number of methoxy groups -OCH3 is 1. The van der Waals surface area contributed by atoms with E-state index in [2.05, 4.69) is 15.5 Å². The molecular weight excluding hydrogens is 470 g/mol. The second-order valence-corrected chi connectivity index (χ2v) is 8.16. The van der Waals surface area contributed by atoms with E-state index >= 15 is 0 Å². The van der Waals surface area contributed by atoms with Crippen molar-refractivity contribution in [1.29, 1.82) is 0 Å². The van der Waals surface area contributed by atoms with E-state index in [1.807, 2.05) is 31.2 Å². The molecule has 2 heterocycles. The predicted molar refractivity (Wildman–Crippen MR) is 131 cm³/mol. The van der Waals surface area contributed by atoms with Crippen molar-refractivity contribution in [3.8, 4) is 5.75 Å². The normalized spacial score (nSPS) is 10.7. The Labute approximate surface area is 207 Å². The van der Waals surface area contributed by atoms with Crippen LogP contribution in [0.1, 0.15) is 37.8 Å². The van der Waals surface area contributed by atoms with Gasteiger partial charge in [-0.25, -0.2) is 9.48 Å². The standard InChI is InChI=1S/C25H24ClN5O4/c1-16-23(17(2)31(28-16)14-18-8-4-5-9-19(18)25(33)34-3)27-24(32)21-12-13-30(29-21)15-35-22-11-7-6-10-20(22)26/h4-13H,14-15H2,1-3H3,(H,27,32). The van der Waals surface area contributed by atoms with E-state index in [-0.39, 0.29) is 18.3 Å². The number of carbonyl (C=O) groups is 2. The summed E-state index contributed by atoms with van der Waals surface area (Å²) in [5.74, 6) is -0.255. The molecule has 0 saturated heterocycles. The summed E-state index contributed by atoms with van der Waals surface area (Å²) in [5.41, 5.74) is 3.45. The third kappa shape index (κ3) is 5.36. The van der Waals surface area contributed by atoms with Crippen LogP contribution >= 0.6 is 11.6 Å². The molecule has 0 fully saturated rings. The highest BCUT2D eigenvalue weighted by molar-refractivity contribution is 6.32. The van der Waals surface area contributed by atoms with Gasteiger partial charge in [0.1, 0.15) is 5.75 Å². The number of esters is 1. The molecule has 2 aromatic heterocycles. The fourth-order valence-corrected chi connectivity index (χ4v) is 3.78. The molecule has 0 aliphatic carbocycles. The average molecular weight is 494 g/mol. The first-order valence-corrected chi connectivity index (χ1v) is 11.2. The van der Waals surface area contributed by atoms with Crippen LogP contribution < -0.4 is 10.1 Å². The lowest BCUT2D eigenvalue weighted by molar-refractivity contribution is 0.0599. The molecule has 0 spiro atoms. The molecule has 0 bridgehead atoms. The Bertz CT molecular complexity index is 1380. The van der Waals surface area contributed by atoms with E-state index in [0.29, 0.717) is 34.3 Å². The van der Waals surface area contributed by atoms with Gasteiger partial charge in [0.05, 0.1) is 41.3 Å². The molecule has 0 unspecified atom stereocenters. The van der Waals surface area contributed by atoms with Crippen molar-refractivity contribution in [3.63, 3.8) is 0 Å². The first-order chi connectivity index (χ1) is 16.9.